The summed E-state index contributed by atoms with van der Waals surface area (Å²) in [7, 11) is 0. The maximum Gasteiger partial charge on any atom is 0.412 e. The summed E-state index contributed by atoms with van der Waals surface area (Å²) in [6.07, 6.45) is 32.7. The monoisotopic (exact) mass is 978 g/mol. The van der Waals surface area contributed by atoms with Crippen molar-refractivity contribution in [1.29, 1.82) is 0 Å². The van der Waals surface area contributed by atoms with E-state index in [1.807, 2.05) is 37.8 Å². The molecule has 70 heavy (non-hydrogen) atoms. The molecule has 398 valence electrons. The van der Waals surface area contributed by atoms with Crippen LogP contribution in [0.25, 0.3) is 0 Å². The molecule has 2 amide bonds. The lowest BCUT2D eigenvalue weighted by Crippen LogP contribution is -2.70. The largest absolute Gasteiger partial charge is 0.459 e. The molecule has 6 atom stereocenters. The van der Waals surface area contributed by atoms with Crippen molar-refractivity contribution < 1.29 is 38.9 Å². The van der Waals surface area contributed by atoms with E-state index in [2.05, 4.69) is 38.7 Å². The van der Waals surface area contributed by atoms with E-state index in [-0.39, 0.29) is 43.5 Å². The van der Waals surface area contributed by atoms with E-state index in [0.717, 1.165) is 81.1 Å². The first-order chi connectivity index (χ1) is 34.0. The van der Waals surface area contributed by atoms with Crippen molar-refractivity contribution >= 4 is 17.7 Å². The second kappa shape index (κ2) is 32.6. The third kappa shape index (κ3) is 18.6. The van der Waals surface area contributed by atoms with Crippen LogP contribution in [0.2, 0.25) is 0 Å². The van der Waals surface area contributed by atoms with Crippen LogP contribution in [-0.2, 0) is 14.4 Å². The fourth-order valence-corrected chi connectivity index (χ4v) is 11.3. The normalized spacial score (nSPS) is 22.1. The zero-order valence-electron chi connectivity index (χ0n) is 45.1. The van der Waals surface area contributed by atoms with Gasteiger partial charge < -0.3 is 39.5 Å². The molecule has 1 aromatic carbocycles. The van der Waals surface area contributed by atoms with Crippen LogP contribution in [0, 0.1) is 17.8 Å². The summed E-state index contributed by atoms with van der Waals surface area (Å²) in [6.45, 7) is 18.2. The minimum atomic E-state index is -1.32. The lowest BCUT2D eigenvalue weighted by molar-refractivity contribution is -0.257. The van der Waals surface area contributed by atoms with E-state index in [9.17, 15) is 19.8 Å². The zero-order chi connectivity index (χ0) is 50.6. The van der Waals surface area contributed by atoms with Crippen LogP contribution < -0.4 is 14.8 Å². The average Bonchev–Trinajstić information content (AvgIpc) is 3.34. The van der Waals surface area contributed by atoms with Gasteiger partial charge in [-0.2, -0.15) is 0 Å². The number of nitrogens with zero attached hydrogens (tertiary/aromatic N) is 2. The number of allylic oxidation sites excluding steroid dienone is 1. The molecule has 1 aliphatic heterocycles. The summed E-state index contributed by atoms with van der Waals surface area (Å²) >= 11 is 0. The number of hydrogen-bond donors (Lipinski definition) is 3. The van der Waals surface area contributed by atoms with Gasteiger partial charge in [-0.1, -0.05) is 160 Å². The molecular weight excluding hydrogens is 879 g/mol. The Kier molecular flexibility index (Phi) is 27.6. The van der Waals surface area contributed by atoms with E-state index >= 15 is 0 Å². The number of amides is 2. The van der Waals surface area contributed by atoms with E-state index in [1.54, 1.807) is 12.1 Å². The van der Waals surface area contributed by atoms with Gasteiger partial charge in [-0.25, -0.2) is 4.79 Å². The zero-order valence-corrected chi connectivity index (χ0v) is 45.1. The first-order valence-electron chi connectivity index (χ1n) is 28.5. The molecule has 4 rings (SSSR count). The van der Waals surface area contributed by atoms with Crippen molar-refractivity contribution in [3.8, 4) is 11.5 Å². The van der Waals surface area contributed by atoms with Gasteiger partial charge in [0.05, 0.1) is 18.2 Å². The molecule has 3 N–H and O–H groups in total. The van der Waals surface area contributed by atoms with Crippen molar-refractivity contribution in [2.75, 3.05) is 32.9 Å². The summed E-state index contributed by atoms with van der Waals surface area (Å²) in [6, 6.07) is 5.15. The topological polar surface area (TPSA) is 139 Å². The van der Waals surface area contributed by atoms with E-state index < -0.39 is 29.4 Å². The van der Waals surface area contributed by atoms with Crippen molar-refractivity contribution in [2.24, 2.45) is 22.9 Å². The third-order valence-corrected chi connectivity index (χ3v) is 14.7. The van der Waals surface area contributed by atoms with Gasteiger partial charge in [0.1, 0.15) is 23.1 Å². The van der Waals surface area contributed by atoms with Crippen LogP contribution in [0.4, 0.5) is 4.79 Å². The molecule has 0 radical (unpaired) electrons. The molecule has 0 saturated heterocycles. The van der Waals surface area contributed by atoms with Gasteiger partial charge in [-0.05, 0) is 101 Å². The van der Waals surface area contributed by atoms with Gasteiger partial charge in [-0.3, -0.25) is 4.79 Å². The maximum atomic E-state index is 14.8. The Labute approximate surface area is 425 Å². The van der Waals surface area contributed by atoms with Gasteiger partial charge in [-0.15, -0.1) is 6.58 Å². The van der Waals surface area contributed by atoms with Crippen molar-refractivity contribution in [2.45, 2.75) is 245 Å². The summed E-state index contributed by atoms with van der Waals surface area (Å²) in [5.74, 6) is -0.615. The summed E-state index contributed by atoms with van der Waals surface area (Å²) in [5, 5.41) is 28.0. The highest BCUT2D eigenvalue weighted by atomic mass is 16.7. The predicted octanol–water partition coefficient (Wildman–Crippen LogP) is 14.3. The van der Waals surface area contributed by atoms with Gasteiger partial charge in [0.25, 0.3) is 0 Å². The number of unbranched alkanes of at least 4 members (excludes halogenated alkanes) is 19. The number of nitrogens with one attached hydrogen (secondary N) is 1. The Morgan fingerprint density at radius 3 is 2.00 bits per heavy atom. The molecule has 11 nitrogen and oxygen atoms in total. The van der Waals surface area contributed by atoms with Crippen LogP contribution in [0.5, 0.6) is 11.5 Å². The van der Waals surface area contributed by atoms with Crippen LogP contribution in [0.15, 0.2) is 47.7 Å². The summed E-state index contributed by atoms with van der Waals surface area (Å²) in [4.78, 5) is 36.6. The van der Waals surface area contributed by atoms with E-state index in [4.69, 9.17) is 24.2 Å². The molecule has 1 aromatic rings. The summed E-state index contributed by atoms with van der Waals surface area (Å²) in [5.41, 5.74) is 2.14. The van der Waals surface area contributed by atoms with E-state index in [0.29, 0.717) is 50.3 Å². The molecule has 0 aromatic heterocycles. The first-order valence-corrected chi connectivity index (χ1v) is 28.5. The molecule has 1 heterocycles. The number of aliphatic hydroxyl groups is 2. The standard InChI is InChI=1S/C59H99N3O8/c1-8-12-14-16-18-20-22-24-26-30-38-60-57(66)68-47-36-37-52-50(44-47)55-48(34-29-32-41-64)46(33-28-31-40-63)43-49-51(61-70-58(5,6)7)45-53(59(69-52,56(49)55)67-42-11-4)62(39-10-3)54(65)35-27-25-23-21-19-17-15-13-9-2/h11,36-37,43-44,46,48,53,55-56,63-64H,4,8-10,12-35,38-42,45H2,1-3,5-7H3,(H,60,66). The molecule has 0 spiro atoms. The summed E-state index contributed by atoms with van der Waals surface area (Å²) < 4.78 is 20.7. The highest BCUT2D eigenvalue weighted by Gasteiger charge is 2.65. The quantitative estimate of drug-likeness (QED) is 0.0340. The second-order valence-electron chi connectivity index (χ2n) is 21.6. The molecule has 6 unspecified atom stereocenters. The lowest BCUT2D eigenvalue weighted by Gasteiger charge is -2.60. The van der Waals surface area contributed by atoms with Gasteiger partial charge >= 0.3 is 6.09 Å². The third-order valence-electron chi connectivity index (χ3n) is 14.7. The molecule has 2 aliphatic carbocycles. The lowest BCUT2D eigenvalue weighted by atomic mass is 9.55. The minimum absolute atomic E-state index is 0.0644. The van der Waals surface area contributed by atoms with Gasteiger partial charge in [0.2, 0.25) is 11.7 Å². The number of benzene rings is 1. The van der Waals surface area contributed by atoms with Crippen molar-refractivity contribution in [1.82, 2.24) is 10.2 Å². The Morgan fingerprint density at radius 1 is 0.814 bits per heavy atom. The van der Waals surface area contributed by atoms with Crippen LogP contribution in [0.1, 0.15) is 233 Å². The average molecular weight is 978 g/mol. The van der Waals surface area contributed by atoms with Crippen LogP contribution in [-0.4, -0.2) is 83.2 Å². The Bertz CT molecular complexity index is 1720. The highest BCUT2D eigenvalue weighted by Crippen LogP contribution is 2.62. The molecule has 0 bridgehead atoms. The molecule has 1 saturated carbocycles. The smallest absolute Gasteiger partial charge is 0.412 e. The Morgan fingerprint density at radius 2 is 1.41 bits per heavy atom. The number of ether oxygens (including phenoxy) is 3. The van der Waals surface area contributed by atoms with Crippen LogP contribution >= 0.6 is 0 Å². The SMILES string of the molecule is C=CCOC12Oc3ccc(OC(=O)NCCCCCCCCCCCC)cc3C3C(CCCCO)C(CCCCO)C=C(C(=NOC(C)(C)C)CC1N(CCC)C(=O)CCCCCCCCCCC)C32. The number of oxime groups is 1. The molecule has 11 heteroatoms. The first kappa shape index (κ1) is 59.2. The van der Waals surface area contributed by atoms with E-state index in [1.165, 1.54) is 89.9 Å². The predicted molar refractivity (Wildman–Crippen MR) is 286 cm³/mol. The van der Waals surface area contributed by atoms with Gasteiger partial charge in [0, 0.05) is 50.6 Å². The van der Waals surface area contributed by atoms with Gasteiger partial charge in [0.15, 0.2) is 0 Å². The number of hydrogen-bond acceptors (Lipinski definition) is 9. The number of fused-ring (bicyclic) bond motifs is 2. The number of rotatable bonds is 37. The minimum Gasteiger partial charge on any atom is -0.459 e. The number of carbonyl (C=O) groups is 2. The molecular formula is C59H99N3O8. The number of aliphatic hydroxyl groups excluding tert-OH is 2. The molecule has 1 fully saturated rings. The van der Waals surface area contributed by atoms with Crippen molar-refractivity contribution in [3.63, 3.8) is 0 Å². The van der Waals surface area contributed by atoms with Crippen LogP contribution in [0.3, 0.4) is 0 Å². The Balaban J connectivity index is 1.74. The van der Waals surface area contributed by atoms with Crippen molar-refractivity contribution in [3.05, 3.63) is 48.1 Å². The Hall–Kier alpha value is -3.41. The highest BCUT2D eigenvalue weighted by molar-refractivity contribution is 6.03. The fraction of sp³-hybridized carbons (Fsp3) is 0.780. The second-order valence-corrected chi connectivity index (χ2v) is 21.6. The maximum absolute atomic E-state index is 14.8. The fourth-order valence-electron chi connectivity index (χ4n) is 11.3. The molecule has 3 aliphatic rings. The number of carbonyl (C=O) groups excluding carboxylic acids is 2.